The molecule has 0 unspecified atom stereocenters. The van der Waals surface area contributed by atoms with E-state index in [2.05, 4.69) is 20.9 Å². The summed E-state index contributed by atoms with van der Waals surface area (Å²) in [6.07, 6.45) is -3.65. The Bertz CT molecular complexity index is 1060. The summed E-state index contributed by atoms with van der Waals surface area (Å²) in [5.41, 5.74) is 1.70. The summed E-state index contributed by atoms with van der Waals surface area (Å²) in [6.45, 7) is 1.83. The lowest BCUT2D eigenvalue weighted by Crippen LogP contribution is -2.26. The largest absolute Gasteiger partial charge is 0.492 e. The number of aromatic nitrogens is 3. The Kier molecular flexibility index (Phi) is 7.41. The highest BCUT2D eigenvalue weighted by molar-refractivity contribution is 6.33. The molecule has 0 aliphatic rings. The normalized spacial score (nSPS) is 11.6. The zero-order valence-electron chi connectivity index (χ0n) is 17.3. The number of nitrogens with one attached hydrogen (secondary N) is 2. The maximum Gasteiger partial charge on any atom is 0.390 e. The molecule has 2 aromatic heterocycles. The second-order valence-electron chi connectivity index (χ2n) is 6.92. The Labute approximate surface area is 186 Å². The Balaban J connectivity index is 1.74. The van der Waals surface area contributed by atoms with Crippen molar-refractivity contribution in [2.24, 2.45) is 7.05 Å². The highest BCUT2D eigenvalue weighted by Gasteiger charge is 2.25. The van der Waals surface area contributed by atoms with Crippen LogP contribution in [0.4, 0.5) is 18.9 Å². The summed E-state index contributed by atoms with van der Waals surface area (Å²) < 4.78 is 48.9. The van der Waals surface area contributed by atoms with Crippen molar-refractivity contribution >= 4 is 23.2 Å². The van der Waals surface area contributed by atoms with E-state index in [1.54, 1.807) is 36.9 Å². The van der Waals surface area contributed by atoms with Gasteiger partial charge >= 0.3 is 6.18 Å². The standard InChI is InChI=1S/C20H21ClF3N5O3/c1-12-9-16(28-32-12)19(30)27-13-3-4-17(31-8-7-25-6-5-20(22,23)24)14(10-13)18-15(21)11-26-29(18)2/h3-4,9-11,25H,5-8H2,1-2H3,(H,27,30). The van der Waals surface area contributed by atoms with E-state index >= 15 is 0 Å². The van der Waals surface area contributed by atoms with Gasteiger partial charge in [0, 0.05) is 37.5 Å². The molecule has 0 aliphatic heterocycles. The van der Waals surface area contributed by atoms with Gasteiger partial charge in [0.05, 0.1) is 23.3 Å². The fourth-order valence-corrected chi connectivity index (χ4v) is 3.16. The number of halogens is 4. The molecule has 0 saturated carbocycles. The van der Waals surface area contributed by atoms with Crippen molar-refractivity contribution in [1.82, 2.24) is 20.3 Å². The van der Waals surface area contributed by atoms with Gasteiger partial charge in [-0.25, -0.2) is 0 Å². The zero-order chi connectivity index (χ0) is 23.3. The number of alkyl halides is 3. The Morgan fingerprint density at radius 3 is 2.69 bits per heavy atom. The monoisotopic (exact) mass is 471 g/mol. The van der Waals surface area contributed by atoms with Crippen LogP contribution in [-0.4, -0.2) is 46.7 Å². The molecule has 172 valence electrons. The van der Waals surface area contributed by atoms with Crippen LogP contribution in [0, 0.1) is 6.92 Å². The summed E-state index contributed by atoms with van der Waals surface area (Å²) >= 11 is 6.29. The van der Waals surface area contributed by atoms with E-state index in [4.69, 9.17) is 20.9 Å². The molecule has 0 bridgehead atoms. The predicted octanol–water partition coefficient (Wildman–Crippen LogP) is 4.21. The molecule has 3 rings (SSSR count). The number of benzene rings is 1. The van der Waals surface area contributed by atoms with Gasteiger partial charge in [-0.05, 0) is 25.1 Å². The molecular weight excluding hydrogens is 451 g/mol. The molecule has 0 fully saturated rings. The van der Waals surface area contributed by atoms with Crippen molar-refractivity contribution < 1.29 is 27.2 Å². The number of carbonyl (C=O) groups is 1. The van der Waals surface area contributed by atoms with E-state index in [1.807, 2.05) is 0 Å². The molecule has 3 aromatic rings. The second-order valence-corrected chi connectivity index (χ2v) is 7.32. The van der Waals surface area contributed by atoms with E-state index in [9.17, 15) is 18.0 Å². The highest BCUT2D eigenvalue weighted by Crippen LogP contribution is 2.36. The summed E-state index contributed by atoms with van der Waals surface area (Å²) in [7, 11) is 1.70. The number of ether oxygens (including phenoxy) is 1. The Morgan fingerprint density at radius 2 is 2.06 bits per heavy atom. The van der Waals surface area contributed by atoms with E-state index < -0.39 is 18.5 Å². The molecule has 32 heavy (non-hydrogen) atoms. The van der Waals surface area contributed by atoms with Crippen molar-refractivity contribution in [3.05, 3.63) is 46.9 Å². The molecule has 0 aliphatic carbocycles. The van der Waals surface area contributed by atoms with Gasteiger partial charge in [0.1, 0.15) is 18.1 Å². The van der Waals surface area contributed by atoms with Gasteiger partial charge in [-0.15, -0.1) is 0 Å². The minimum Gasteiger partial charge on any atom is -0.492 e. The number of carbonyl (C=O) groups excluding carboxylic acids is 1. The number of anilines is 1. The van der Waals surface area contributed by atoms with Crippen LogP contribution in [0.5, 0.6) is 5.75 Å². The number of hydrogen-bond donors (Lipinski definition) is 2. The topological polar surface area (TPSA) is 94.2 Å². The van der Waals surface area contributed by atoms with E-state index in [0.29, 0.717) is 33.5 Å². The first kappa shape index (κ1) is 23.6. The van der Waals surface area contributed by atoms with Gasteiger partial charge in [-0.2, -0.15) is 18.3 Å². The van der Waals surface area contributed by atoms with Crippen LogP contribution >= 0.6 is 11.6 Å². The third kappa shape index (κ3) is 6.24. The molecule has 0 atom stereocenters. The van der Waals surface area contributed by atoms with Gasteiger partial charge in [0.25, 0.3) is 5.91 Å². The van der Waals surface area contributed by atoms with Gasteiger partial charge in [-0.3, -0.25) is 9.48 Å². The van der Waals surface area contributed by atoms with Crippen LogP contribution in [-0.2, 0) is 7.05 Å². The van der Waals surface area contributed by atoms with Crippen LogP contribution in [0.25, 0.3) is 11.3 Å². The van der Waals surface area contributed by atoms with Gasteiger partial charge in [0.15, 0.2) is 5.69 Å². The molecular formula is C20H21ClF3N5O3. The summed E-state index contributed by atoms with van der Waals surface area (Å²) in [5.74, 6) is 0.486. The predicted molar refractivity (Wildman–Crippen MR) is 112 cm³/mol. The third-order valence-corrected chi connectivity index (χ3v) is 4.65. The average molecular weight is 472 g/mol. The number of nitrogens with zero attached hydrogens (tertiary/aromatic N) is 3. The van der Waals surface area contributed by atoms with Crippen molar-refractivity contribution in [1.29, 1.82) is 0 Å². The molecule has 0 spiro atoms. The summed E-state index contributed by atoms with van der Waals surface area (Å²) in [6, 6.07) is 6.45. The molecule has 1 amide bonds. The van der Waals surface area contributed by atoms with Crippen LogP contribution in [0.1, 0.15) is 22.7 Å². The molecule has 0 radical (unpaired) electrons. The highest BCUT2D eigenvalue weighted by atomic mass is 35.5. The maximum atomic E-state index is 12.4. The first-order valence-electron chi connectivity index (χ1n) is 9.61. The number of aryl methyl sites for hydroxylation is 2. The summed E-state index contributed by atoms with van der Waals surface area (Å²) in [5, 5.41) is 13.6. The van der Waals surface area contributed by atoms with Crippen molar-refractivity contribution in [2.75, 3.05) is 25.0 Å². The molecule has 1 aromatic carbocycles. The minimum atomic E-state index is -4.21. The first-order chi connectivity index (χ1) is 15.1. The van der Waals surface area contributed by atoms with Gasteiger partial charge in [-0.1, -0.05) is 16.8 Å². The molecule has 2 N–H and O–H groups in total. The van der Waals surface area contributed by atoms with Crippen molar-refractivity contribution in [3.8, 4) is 17.0 Å². The fourth-order valence-electron chi connectivity index (χ4n) is 2.89. The van der Waals surface area contributed by atoms with Crippen LogP contribution in [0.15, 0.2) is 35.0 Å². The molecule has 2 heterocycles. The van der Waals surface area contributed by atoms with E-state index in [1.165, 1.54) is 12.3 Å². The van der Waals surface area contributed by atoms with Crippen LogP contribution < -0.4 is 15.4 Å². The molecule has 0 saturated heterocycles. The third-order valence-electron chi connectivity index (χ3n) is 4.37. The molecule has 12 heteroatoms. The Hall–Kier alpha value is -3.05. The van der Waals surface area contributed by atoms with E-state index in [-0.39, 0.29) is 25.4 Å². The zero-order valence-corrected chi connectivity index (χ0v) is 18.0. The fraction of sp³-hybridized carbons (Fsp3) is 0.350. The van der Waals surface area contributed by atoms with E-state index in [0.717, 1.165) is 0 Å². The smallest absolute Gasteiger partial charge is 0.390 e. The lowest BCUT2D eigenvalue weighted by molar-refractivity contribution is -0.133. The van der Waals surface area contributed by atoms with Crippen LogP contribution in [0.3, 0.4) is 0 Å². The minimum absolute atomic E-state index is 0.129. The average Bonchev–Trinajstić information content (AvgIpc) is 3.30. The number of amides is 1. The lowest BCUT2D eigenvalue weighted by Gasteiger charge is -2.15. The first-order valence-corrected chi connectivity index (χ1v) is 9.98. The number of hydrogen-bond acceptors (Lipinski definition) is 6. The number of rotatable bonds is 9. The van der Waals surface area contributed by atoms with Gasteiger partial charge in [0.2, 0.25) is 0 Å². The van der Waals surface area contributed by atoms with Crippen molar-refractivity contribution in [3.63, 3.8) is 0 Å². The molecule has 8 nitrogen and oxygen atoms in total. The second kappa shape index (κ2) is 10.0. The summed E-state index contributed by atoms with van der Waals surface area (Å²) in [4.78, 5) is 12.4. The maximum absolute atomic E-state index is 12.4. The van der Waals surface area contributed by atoms with Crippen molar-refractivity contribution in [2.45, 2.75) is 19.5 Å². The van der Waals surface area contributed by atoms with Gasteiger partial charge < -0.3 is 19.9 Å². The quantitative estimate of drug-likeness (QED) is 0.454. The lowest BCUT2D eigenvalue weighted by atomic mass is 10.1. The Morgan fingerprint density at radius 1 is 1.28 bits per heavy atom. The van der Waals surface area contributed by atoms with Crippen LogP contribution in [0.2, 0.25) is 5.02 Å². The SMILES string of the molecule is Cc1cc(C(=O)Nc2ccc(OCCNCCC(F)(F)F)c(-c3c(Cl)cnn3C)c2)no1.